The molecular formula is C37H39BrClN3O4S. The number of carbonyl (C=O) groups excluding carboxylic acids is 2. The lowest BCUT2D eigenvalue weighted by atomic mass is 9.94. The van der Waals surface area contributed by atoms with Crippen molar-refractivity contribution in [1.82, 2.24) is 10.2 Å². The number of benzene rings is 4. The van der Waals surface area contributed by atoms with Gasteiger partial charge in [0.05, 0.1) is 10.6 Å². The van der Waals surface area contributed by atoms with E-state index in [1.165, 1.54) is 29.2 Å². The van der Waals surface area contributed by atoms with Crippen molar-refractivity contribution in [3.05, 3.63) is 129 Å². The Bertz CT molecular complexity index is 1750. The van der Waals surface area contributed by atoms with Gasteiger partial charge in [-0.2, -0.15) is 0 Å². The first-order valence-corrected chi connectivity index (χ1v) is 18.4. The Labute approximate surface area is 291 Å². The number of anilines is 1. The van der Waals surface area contributed by atoms with Crippen LogP contribution in [0.25, 0.3) is 0 Å². The molecule has 0 unspecified atom stereocenters. The number of sulfonamides is 1. The van der Waals surface area contributed by atoms with Crippen LogP contribution < -0.4 is 9.62 Å². The SMILES string of the molecule is Cc1ccc(N(CC(=O)N(Cc2ccc(Br)cc2)[C@H](Cc2ccccc2)C(=O)NC2CCCCC2)S(=O)(=O)c2ccc(Cl)cc2)cc1. The molecule has 0 spiro atoms. The monoisotopic (exact) mass is 735 g/mol. The molecule has 47 heavy (non-hydrogen) atoms. The minimum Gasteiger partial charge on any atom is -0.352 e. The number of nitrogens with zero attached hydrogens (tertiary/aromatic N) is 2. The van der Waals surface area contributed by atoms with Crippen LogP contribution in [0.2, 0.25) is 5.02 Å². The Kier molecular flexibility index (Phi) is 11.8. The standard InChI is InChI=1S/C37H39BrClN3O4S/c1-27-12-20-33(21-13-27)42(47(45,46)34-22-18-31(39)19-23-34)26-36(43)41(25-29-14-16-30(38)17-15-29)35(24-28-8-4-2-5-9-28)37(44)40-32-10-6-3-7-11-32/h2,4-5,8-9,12-23,32,35H,3,6-7,10-11,24-26H2,1H3,(H,40,44)/t35-/m1/s1. The summed E-state index contributed by atoms with van der Waals surface area (Å²) in [5.41, 5.74) is 3.00. The average Bonchev–Trinajstić information content (AvgIpc) is 3.07. The minimum atomic E-state index is -4.20. The van der Waals surface area contributed by atoms with E-state index in [-0.39, 0.29) is 29.8 Å². The molecule has 0 heterocycles. The van der Waals surface area contributed by atoms with Crippen LogP contribution in [0, 0.1) is 6.92 Å². The predicted octanol–water partition coefficient (Wildman–Crippen LogP) is 7.70. The maximum Gasteiger partial charge on any atom is 0.264 e. The number of amides is 2. The van der Waals surface area contributed by atoms with Crippen LogP contribution in [0.3, 0.4) is 0 Å². The quantitative estimate of drug-likeness (QED) is 0.162. The van der Waals surface area contributed by atoms with E-state index in [0.29, 0.717) is 10.7 Å². The fraction of sp³-hybridized carbons (Fsp3) is 0.297. The number of hydrogen-bond donors (Lipinski definition) is 1. The summed E-state index contributed by atoms with van der Waals surface area (Å²) in [6.07, 6.45) is 5.30. The first-order chi connectivity index (χ1) is 22.6. The number of rotatable bonds is 12. The maximum absolute atomic E-state index is 14.6. The third-order valence-electron chi connectivity index (χ3n) is 8.49. The number of hydrogen-bond acceptors (Lipinski definition) is 4. The van der Waals surface area contributed by atoms with E-state index in [1.807, 2.05) is 61.5 Å². The molecule has 1 saturated carbocycles. The van der Waals surface area contributed by atoms with Gasteiger partial charge < -0.3 is 10.2 Å². The third-order valence-corrected chi connectivity index (χ3v) is 11.1. The predicted molar refractivity (Wildman–Crippen MR) is 191 cm³/mol. The number of aryl methyl sites for hydroxylation is 1. The molecule has 1 fully saturated rings. The minimum absolute atomic E-state index is 0.00520. The van der Waals surface area contributed by atoms with E-state index in [2.05, 4.69) is 21.2 Å². The van der Waals surface area contributed by atoms with E-state index in [9.17, 15) is 18.0 Å². The Morgan fingerprint density at radius 1 is 0.851 bits per heavy atom. The Morgan fingerprint density at radius 3 is 2.13 bits per heavy atom. The smallest absolute Gasteiger partial charge is 0.264 e. The van der Waals surface area contributed by atoms with Gasteiger partial charge in [0, 0.05) is 28.5 Å². The zero-order valence-electron chi connectivity index (χ0n) is 26.3. The van der Waals surface area contributed by atoms with Crippen LogP contribution in [-0.4, -0.2) is 43.8 Å². The van der Waals surface area contributed by atoms with Crippen LogP contribution in [0.5, 0.6) is 0 Å². The van der Waals surface area contributed by atoms with E-state index >= 15 is 0 Å². The van der Waals surface area contributed by atoms with Crippen molar-refractivity contribution in [1.29, 1.82) is 0 Å². The van der Waals surface area contributed by atoms with Crippen LogP contribution in [0.4, 0.5) is 5.69 Å². The molecule has 0 aromatic heterocycles. The second-order valence-electron chi connectivity index (χ2n) is 12.0. The van der Waals surface area contributed by atoms with Gasteiger partial charge in [-0.1, -0.05) is 107 Å². The van der Waals surface area contributed by atoms with E-state index in [0.717, 1.165) is 57.6 Å². The summed E-state index contributed by atoms with van der Waals surface area (Å²) in [6.45, 7) is 1.52. The highest BCUT2D eigenvalue weighted by molar-refractivity contribution is 9.10. The third kappa shape index (κ3) is 9.24. The number of carbonyl (C=O) groups is 2. The van der Waals surface area contributed by atoms with Gasteiger partial charge in [-0.05, 0) is 79.4 Å². The number of halogens is 2. The first kappa shape index (κ1) is 34.7. The molecule has 0 aliphatic heterocycles. The van der Waals surface area contributed by atoms with E-state index in [4.69, 9.17) is 11.6 Å². The summed E-state index contributed by atoms with van der Waals surface area (Å²) in [5, 5.41) is 3.64. The van der Waals surface area contributed by atoms with Crippen LogP contribution in [0.15, 0.2) is 112 Å². The molecule has 2 amide bonds. The van der Waals surface area contributed by atoms with Crippen molar-refractivity contribution in [2.24, 2.45) is 0 Å². The molecule has 246 valence electrons. The highest BCUT2D eigenvalue weighted by atomic mass is 79.9. The molecule has 0 bridgehead atoms. The molecular weight excluding hydrogens is 698 g/mol. The van der Waals surface area contributed by atoms with Crippen molar-refractivity contribution in [3.63, 3.8) is 0 Å². The Balaban J connectivity index is 1.55. The zero-order chi connectivity index (χ0) is 33.4. The molecule has 0 saturated heterocycles. The molecule has 1 N–H and O–H groups in total. The molecule has 10 heteroatoms. The summed E-state index contributed by atoms with van der Waals surface area (Å²) in [5.74, 6) is -0.737. The molecule has 0 radical (unpaired) electrons. The maximum atomic E-state index is 14.6. The molecule has 5 rings (SSSR count). The van der Waals surface area contributed by atoms with Gasteiger partial charge in [0.15, 0.2) is 0 Å². The fourth-order valence-corrected chi connectivity index (χ4v) is 7.66. The van der Waals surface area contributed by atoms with Gasteiger partial charge in [-0.15, -0.1) is 0 Å². The van der Waals surface area contributed by atoms with Crippen molar-refractivity contribution in [3.8, 4) is 0 Å². The van der Waals surface area contributed by atoms with Gasteiger partial charge in [0.2, 0.25) is 11.8 Å². The van der Waals surface area contributed by atoms with Crippen molar-refractivity contribution < 1.29 is 18.0 Å². The highest BCUT2D eigenvalue weighted by Gasteiger charge is 2.35. The lowest BCUT2D eigenvalue weighted by Crippen LogP contribution is -2.55. The highest BCUT2D eigenvalue weighted by Crippen LogP contribution is 2.27. The zero-order valence-corrected chi connectivity index (χ0v) is 29.5. The summed E-state index contributed by atoms with van der Waals surface area (Å²) >= 11 is 9.56. The largest absolute Gasteiger partial charge is 0.352 e. The van der Waals surface area contributed by atoms with Crippen molar-refractivity contribution in [2.75, 3.05) is 10.8 Å². The Morgan fingerprint density at radius 2 is 1.49 bits per heavy atom. The summed E-state index contributed by atoms with van der Waals surface area (Å²) in [6, 6.07) is 29.2. The average molecular weight is 737 g/mol. The topological polar surface area (TPSA) is 86.8 Å². The molecule has 1 aliphatic carbocycles. The lowest BCUT2D eigenvalue weighted by molar-refractivity contribution is -0.140. The molecule has 4 aromatic rings. The Hall–Kier alpha value is -3.66. The number of nitrogens with one attached hydrogen (secondary N) is 1. The van der Waals surface area contributed by atoms with E-state index in [1.54, 1.807) is 24.3 Å². The van der Waals surface area contributed by atoms with Crippen LogP contribution in [-0.2, 0) is 32.6 Å². The van der Waals surface area contributed by atoms with E-state index < -0.39 is 28.5 Å². The van der Waals surface area contributed by atoms with Gasteiger partial charge in [-0.25, -0.2) is 8.42 Å². The summed E-state index contributed by atoms with van der Waals surface area (Å²) in [4.78, 5) is 30.4. The second-order valence-corrected chi connectivity index (χ2v) is 15.2. The molecule has 4 aromatic carbocycles. The van der Waals surface area contributed by atoms with Crippen LogP contribution >= 0.6 is 27.5 Å². The van der Waals surface area contributed by atoms with Gasteiger partial charge in [0.25, 0.3) is 10.0 Å². The van der Waals surface area contributed by atoms with Gasteiger partial charge in [0.1, 0.15) is 12.6 Å². The van der Waals surface area contributed by atoms with Crippen molar-refractivity contribution in [2.45, 2.75) is 69.0 Å². The second kappa shape index (κ2) is 16.0. The molecule has 7 nitrogen and oxygen atoms in total. The summed E-state index contributed by atoms with van der Waals surface area (Å²) in [7, 11) is -4.20. The summed E-state index contributed by atoms with van der Waals surface area (Å²) < 4.78 is 30.3. The van der Waals surface area contributed by atoms with Gasteiger partial charge in [-0.3, -0.25) is 13.9 Å². The lowest BCUT2D eigenvalue weighted by Gasteiger charge is -2.35. The molecule has 1 aliphatic rings. The van der Waals surface area contributed by atoms with Gasteiger partial charge >= 0.3 is 0 Å². The van der Waals surface area contributed by atoms with Crippen LogP contribution in [0.1, 0.15) is 48.8 Å². The fourth-order valence-electron chi connectivity index (χ4n) is 5.86. The molecule has 1 atom stereocenters. The van der Waals surface area contributed by atoms with Crippen molar-refractivity contribution >= 4 is 55.1 Å². The normalized spacial score (nSPS) is 14.3. The first-order valence-electron chi connectivity index (χ1n) is 15.8.